The maximum absolute atomic E-state index is 10.4. The van der Waals surface area contributed by atoms with Crippen LogP contribution in [0.5, 0.6) is 0 Å². The van der Waals surface area contributed by atoms with Crippen LogP contribution >= 0.6 is 27.3 Å². The zero-order valence-corrected chi connectivity index (χ0v) is 13.4. The van der Waals surface area contributed by atoms with E-state index in [4.69, 9.17) is 0 Å². The molecule has 6 heteroatoms. The second-order valence-electron chi connectivity index (χ2n) is 4.42. The average molecular weight is 360 g/mol. The monoisotopic (exact) mass is 359 g/mol. The number of benzene rings is 1. The molecule has 0 aliphatic carbocycles. The summed E-state index contributed by atoms with van der Waals surface area (Å²) < 4.78 is 2.71. The van der Waals surface area contributed by atoms with Crippen molar-refractivity contribution in [2.75, 3.05) is 0 Å². The summed E-state index contributed by atoms with van der Waals surface area (Å²) in [5.41, 5.74) is 1.88. The van der Waals surface area contributed by atoms with Crippen LogP contribution in [0, 0.1) is 11.3 Å². The molecule has 3 aromatic rings. The fourth-order valence-electron chi connectivity index (χ4n) is 2.14. The molecule has 0 bridgehead atoms. The maximum atomic E-state index is 10.4. The van der Waals surface area contributed by atoms with E-state index in [1.165, 1.54) is 11.3 Å². The first-order chi connectivity index (χ1) is 10.1. The number of aliphatic hydroxyl groups excluding tert-OH is 1. The van der Waals surface area contributed by atoms with E-state index in [2.05, 4.69) is 27.0 Å². The molecule has 2 heterocycles. The number of hydrogen-bond donors (Lipinski definition) is 1. The van der Waals surface area contributed by atoms with E-state index in [0.29, 0.717) is 10.7 Å². The molecule has 0 saturated carbocycles. The molecular weight excluding hydrogens is 350 g/mol. The van der Waals surface area contributed by atoms with Gasteiger partial charge in [-0.2, -0.15) is 5.26 Å². The molecule has 0 aliphatic heterocycles. The molecule has 0 saturated heterocycles. The first-order valence-electron chi connectivity index (χ1n) is 6.12. The van der Waals surface area contributed by atoms with Crippen LogP contribution in [0.1, 0.15) is 10.7 Å². The minimum Gasteiger partial charge on any atom is -0.505 e. The van der Waals surface area contributed by atoms with Crippen LogP contribution in [0.4, 0.5) is 0 Å². The van der Waals surface area contributed by atoms with Gasteiger partial charge in [0.25, 0.3) is 0 Å². The number of nitrogens with zero attached hydrogens (tertiary/aromatic N) is 3. The quantitative estimate of drug-likeness (QED) is 0.546. The lowest BCUT2D eigenvalue weighted by atomic mass is 10.2. The molecule has 2 aromatic heterocycles. The van der Waals surface area contributed by atoms with Gasteiger partial charge in [0.05, 0.1) is 19.7 Å². The zero-order valence-electron chi connectivity index (χ0n) is 11.0. The fourth-order valence-corrected chi connectivity index (χ4v) is 3.48. The van der Waals surface area contributed by atoms with Crippen LogP contribution in [0.3, 0.4) is 0 Å². The van der Waals surface area contributed by atoms with Gasteiger partial charge in [-0.15, -0.1) is 11.3 Å². The van der Waals surface area contributed by atoms with E-state index >= 15 is 0 Å². The number of fused-ring (bicyclic) bond motifs is 1. The highest BCUT2D eigenvalue weighted by Gasteiger charge is 2.18. The summed E-state index contributed by atoms with van der Waals surface area (Å²) in [4.78, 5) is 5.08. The molecule has 4 nitrogen and oxygen atoms in total. The molecule has 0 radical (unpaired) electrons. The van der Waals surface area contributed by atoms with Gasteiger partial charge in [0.2, 0.25) is 0 Å². The van der Waals surface area contributed by atoms with Crippen LogP contribution in [0.25, 0.3) is 22.4 Å². The second-order valence-corrected chi connectivity index (χ2v) is 6.89. The summed E-state index contributed by atoms with van der Waals surface area (Å²) in [5.74, 6) is 0.410. The van der Waals surface area contributed by atoms with E-state index < -0.39 is 0 Å². The Labute approximate surface area is 133 Å². The first-order valence-corrected chi connectivity index (χ1v) is 7.73. The van der Waals surface area contributed by atoms with E-state index in [1.807, 2.05) is 41.9 Å². The van der Waals surface area contributed by atoms with Crippen molar-refractivity contribution in [1.82, 2.24) is 9.55 Å². The van der Waals surface area contributed by atoms with Crippen molar-refractivity contribution >= 4 is 49.6 Å². The van der Waals surface area contributed by atoms with Crippen molar-refractivity contribution in [3.63, 3.8) is 0 Å². The van der Waals surface area contributed by atoms with Gasteiger partial charge in [0.1, 0.15) is 11.6 Å². The van der Waals surface area contributed by atoms with Gasteiger partial charge in [0.15, 0.2) is 11.6 Å². The van der Waals surface area contributed by atoms with E-state index in [0.717, 1.165) is 14.8 Å². The predicted octanol–water partition coefficient (Wildman–Crippen LogP) is 4.35. The summed E-state index contributed by atoms with van der Waals surface area (Å²) >= 11 is 4.72. The van der Waals surface area contributed by atoms with E-state index in [1.54, 1.807) is 6.07 Å². The van der Waals surface area contributed by atoms with Crippen LogP contribution in [-0.4, -0.2) is 14.7 Å². The molecule has 0 spiro atoms. The SMILES string of the molecule is Cn1c(C(C#N)=C(O)c2ccc(Br)s2)nc2ccccc21. The Kier molecular flexibility index (Phi) is 3.53. The number of aryl methyl sites for hydroxylation is 1. The van der Waals surface area contributed by atoms with Crippen molar-refractivity contribution in [1.29, 1.82) is 5.26 Å². The predicted molar refractivity (Wildman–Crippen MR) is 87.8 cm³/mol. The summed E-state index contributed by atoms with van der Waals surface area (Å²) in [5, 5.41) is 19.8. The maximum Gasteiger partial charge on any atom is 0.155 e. The Morgan fingerprint density at radius 3 is 2.71 bits per heavy atom. The molecule has 0 amide bonds. The number of aromatic nitrogens is 2. The van der Waals surface area contributed by atoms with Crippen LogP contribution in [-0.2, 0) is 7.05 Å². The van der Waals surface area contributed by atoms with Gasteiger partial charge < -0.3 is 9.67 Å². The molecule has 0 atom stereocenters. The van der Waals surface area contributed by atoms with E-state index in [9.17, 15) is 10.4 Å². The first kappa shape index (κ1) is 13.9. The van der Waals surface area contributed by atoms with Crippen molar-refractivity contribution in [3.05, 3.63) is 50.9 Å². The van der Waals surface area contributed by atoms with Crippen molar-refractivity contribution in [3.8, 4) is 6.07 Å². The standard InChI is InChI=1S/C15H10BrN3OS/c1-19-11-5-3-2-4-10(11)18-15(19)9(8-17)14(20)12-6-7-13(16)21-12/h2-7,20H,1H3. The van der Waals surface area contributed by atoms with Gasteiger partial charge in [-0.1, -0.05) is 12.1 Å². The third-order valence-electron chi connectivity index (χ3n) is 3.17. The van der Waals surface area contributed by atoms with Gasteiger partial charge in [-0.25, -0.2) is 4.98 Å². The van der Waals surface area contributed by atoms with Crippen molar-refractivity contribution in [2.24, 2.45) is 7.05 Å². The number of imidazole rings is 1. The molecule has 1 N–H and O–H groups in total. The zero-order chi connectivity index (χ0) is 15.0. The summed E-state index contributed by atoms with van der Waals surface area (Å²) in [7, 11) is 1.83. The van der Waals surface area contributed by atoms with Crippen LogP contribution < -0.4 is 0 Å². The molecule has 0 fully saturated rings. The van der Waals surface area contributed by atoms with Gasteiger partial charge in [0, 0.05) is 7.05 Å². The minimum absolute atomic E-state index is 0.0494. The minimum atomic E-state index is -0.0494. The number of aliphatic hydroxyl groups is 1. The lowest BCUT2D eigenvalue weighted by molar-refractivity contribution is 0.515. The van der Waals surface area contributed by atoms with Crippen LogP contribution in [0.2, 0.25) is 0 Å². The Morgan fingerprint density at radius 2 is 2.10 bits per heavy atom. The smallest absolute Gasteiger partial charge is 0.155 e. The number of nitriles is 1. The Hall–Kier alpha value is -2.10. The lowest BCUT2D eigenvalue weighted by Gasteiger charge is -2.03. The number of thiophene rings is 1. The second kappa shape index (κ2) is 5.35. The van der Waals surface area contributed by atoms with Crippen LogP contribution in [0.15, 0.2) is 40.2 Å². The van der Waals surface area contributed by atoms with Gasteiger partial charge >= 0.3 is 0 Å². The highest BCUT2D eigenvalue weighted by molar-refractivity contribution is 9.11. The molecule has 21 heavy (non-hydrogen) atoms. The summed E-state index contributed by atoms with van der Waals surface area (Å²) in [6.07, 6.45) is 0. The summed E-state index contributed by atoms with van der Waals surface area (Å²) in [6, 6.07) is 13.3. The molecule has 3 rings (SSSR count). The molecule has 0 aliphatic rings. The average Bonchev–Trinajstić information content (AvgIpc) is 3.05. The molecular formula is C15H10BrN3OS. The number of halogens is 1. The van der Waals surface area contributed by atoms with Gasteiger partial charge in [-0.05, 0) is 40.2 Å². The third kappa shape index (κ3) is 2.35. The normalized spacial score (nSPS) is 12.2. The highest BCUT2D eigenvalue weighted by Crippen LogP contribution is 2.31. The van der Waals surface area contributed by atoms with Crippen molar-refractivity contribution in [2.45, 2.75) is 0 Å². The highest BCUT2D eigenvalue weighted by atomic mass is 79.9. The lowest BCUT2D eigenvalue weighted by Crippen LogP contribution is -1.98. The number of hydrogen-bond acceptors (Lipinski definition) is 4. The number of allylic oxidation sites excluding steroid dienone is 1. The Balaban J connectivity index is 2.23. The summed E-state index contributed by atoms with van der Waals surface area (Å²) in [6.45, 7) is 0. The van der Waals surface area contributed by atoms with E-state index in [-0.39, 0.29) is 11.3 Å². The number of para-hydroxylation sites is 2. The van der Waals surface area contributed by atoms with Crippen molar-refractivity contribution < 1.29 is 5.11 Å². The van der Waals surface area contributed by atoms with Gasteiger partial charge in [-0.3, -0.25) is 0 Å². The topological polar surface area (TPSA) is 61.8 Å². The number of rotatable bonds is 2. The third-order valence-corrected chi connectivity index (χ3v) is 4.80. The largest absolute Gasteiger partial charge is 0.505 e. The Morgan fingerprint density at radius 1 is 1.33 bits per heavy atom. The molecule has 1 aromatic carbocycles. The molecule has 0 unspecified atom stereocenters. The fraction of sp³-hybridized carbons (Fsp3) is 0.0667. The molecule has 104 valence electrons. The Bertz CT molecular complexity index is 901.